The van der Waals surface area contributed by atoms with Crippen molar-refractivity contribution in [3.63, 3.8) is 0 Å². The van der Waals surface area contributed by atoms with Crippen molar-refractivity contribution >= 4 is 17.5 Å². The molecule has 5 nitrogen and oxygen atoms in total. The van der Waals surface area contributed by atoms with E-state index in [-0.39, 0.29) is 5.91 Å². The molecular formula is C21H24ClN3O2. The Bertz CT molecular complexity index is 847. The van der Waals surface area contributed by atoms with E-state index < -0.39 is 0 Å². The third-order valence-corrected chi connectivity index (χ3v) is 6.84. The van der Waals surface area contributed by atoms with Crippen LogP contribution in [0, 0.1) is 17.8 Å². The molecule has 3 aliphatic rings. The molecule has 3 atom stereocenters. The van der Waals surface area contributed by atoms with Crippen LogP contribution in [0.3, 0.4) is 0 Å². The van der Waals surface area contributed by atoms with Crippen LogP contribution in [0.1, 0.15) is 50.8 Å². The van der Waals surface area contributed by atoms with E-state index in [0.29, 0.717) is 41.7 Å². The summed E-state index contributed by atoms with van der Waals surface area (Å²) in [5.74, 6) is 3.38. The van der Waals surface area contributed by atoms with Crippen molar-refractivity contribution in [3.05, 3.63) is 35.2 Å². The highest BCUT2D eigenvalue weighted by Gasteiger charge is 2.42. The average molecular weight is 386 g/mol. The van der Waals surface area contributed by atoms with Gasteiger partial charge in [-0.2, -0.15) is 0 Å². The van der Waals surface area contributed by atoms with Crippen LogP contribution in [0.2, 0.25) is 5.02 Å². The molecule has 0 saturated heterocycles. The molecule has 3 fully saturated rings. The van der Waals surface area contributed by atoms with Crippen molar-refractivity contribution in [1.29, 1.82) is 0 Å². The number of aromatic nitrogens is 2. The summed E-state index contributed by atoms with van der Waals surface area (Å²) in [7, 11) is 0. The minimum absolute atomic E-state index is 0.257. The number of carbonyl (C=O) groups excluding carboxylic acids is 1. The van der Waals surface area contributed by atoms with Gasteiger partial charge in [-0.25, -0.2) is 0 Å². The summed E-state index contributed by atoms with van der Waals surface area (Å²) < 4.78 is 5.83. The first kappa shape index (κ1) is 17.2. The summed E-state index contributed by atoms with van der Waals surface area (Å²) in [6.07, 6.45) is 8.11. The third-order valence-electron chi connectivity index (χ3n) is 6.51. The minimum atomic E-state index is 0.257. The van der Waals surface area contributed by atoms with Gasteiger partial charge in [-0.1, -0.05) is 30.2 Å². The van der Waals surface area contributed by atoms with Gasteiger partial charge in [0.15, 0.2) is 0 Å². The maximum absolute atomic E-state index is 13.0. The van der Waals surface area contributed by atoms with Crippen molar-refractivity contribution in [2.24, 2.45) is 17.8 Å². The van der Waals surface area contributed by atoms with Crippen LogP contribution in [0.5, 0.6) is 0 Å². The largest absolute Gasteiger partial charge is 0.419 e. The lowest BCUT2D eigenvalue weighted by molar-refractivity contribution is -0.134. The highest BCUT2D eigenvalue weighted by Crippen LogP contribution is 2.50. The number of fused-ring (bicyclic) bond motifs is 2. The zero-order chi connectivity index (χ0) is 18.4. The van der Waals surface area contributed by atoms with Crippen molar-refractivity contribution in [2.75, 3.05) is 0 Å². The SMILES string of the molecule is O=C(C[C@@H]1C[C@H]2CC[C@@H]1C2)N(Cc1nnc(-c2ccccc2Cl)o1)C1CC1. The predicted octanol–water partition coefficient (Wildman–Crippen LogP) is 4.71. The van der Waals surface area contributed by atoms with Crippen LogP contribution in [0.25, 0.3) is 11.5 Å². The highest BCUT2D eigenvalue weighted by atomic mass is 35.5. The average Bonchev–Trinajstić information content (AvgIpc) is 3.06. The first-order valence-corrected chi connectivity index (χ1v) is 10.4. The Hall–Kier alpha value is -1.88. The van der Waals surface area contributed by atoms with Crippen LogP contribution in [-0.2, 0) is 11.3 Å². The Morgan fingerprint density at radius 1 is 1.15 bits per heavy atom. The first-order chi connectivity index (χ1) is 13.2. The molecule has 5 rings (SSSR count). The number of amides is 1. The molecule has 142 valence electrons. The molecule has 1 heterocycles. The van der Waals surface area contributed by atoms with E-state index in [1.165, 1.54) is 25.7 Å². The smallest absolute Gasteiger partial charge is 0.249 e. The molecule has 0 radical (unpaired) electrons. The number of rotatable bonds is 6. The van der Waals surface area contributed by atoms with Gasteiger partial charge in [0.2, 0.25) is 17.7 Å². The van der Waals surface area contributed by atoms with Crippen LogP contribution < -0.4 is 0 Å². The lowest BCUT2D eigenvalue weighted by atomic mass is 9.86. The van der Waals surface area contributed by atoms with E-state index in [0.717, 1.165) is 30.2 Å². The van der Waals surface area contributed by atoms with E-state index in [9.17, 15) is 4.79 Å². The Morgan fingerprint density at radius 2 is 2.00 bits per heavy atom. The second-order valence-corrected chi connectivity index (χ2v) is 8.78. The lowest BCUT2D eigenvalue weighted by Crippen LogP contribution is -2.34. The fourth-order valence-corrected chi connectivity index (χ4v) is 5.20. The Kier molecular flexibility index (Phi) is 4.43. The topological polar surface area (TPSA) is 59.2 Å². The molecule has 2 bridgehead atoms. The van der Waals surface area contributed by atoms with Crippen LogP contribution in [0.15, 0.2) is 28.7 Å². The number of benzene rings is 1. The first-order valence-electron chi connectivity index (χ1n) is 10.0. The fourth-order valence-electron chi connectivity index (χ4n) is 4.98. The lowest BCUT2D eigenvalue weighted by Gasteiger charge is -2.26. The summed E-state index contributed by atoms with van der Waals surface area (Å²) in [5.41, 5.74) is 0.726. The van der Waals surface area contributed by atoms with Crippen LogP contribution in [-0.4, -0.2) is 27.0 Å². The molecule has 2 aromatic rings. The fraction of sp³-hybridized carbons (Fsp3) is 0.571. The highest BCUT2D eigenvalue weighted by molar-refractivity contribution is 6.33. The van der Waals surface area contributed by atoms with Gasteiger partial charge >= 0.3 is 0 Å². The van der Waals surface area contributed by atoms with Crippen molar-refractivity contribution in [1.82, 2.24) is 15.1 Å². The molecule has 6 heteroatoms. The number of nitrogens with zero attached hydrogens (tertiary/aromatic N) is 3. The zero-order valence-corrected chi connectivity index (χ0v) is 16.1. The van der Waals surface area contributed by atoms with Gasteiger partial charge in [0, 0.05) is 12.5 Å². The maximum Gasteiger partial charge on any atom is 0.249 e. The van der Waals surface area contributed by atoms with Gasteiger partial charge < -0.3 is 9.32 Å². The quantitative estimate of drug-likeness (QED) is 0.722. The van der Waals surface area contributed by atoms with Crippen LogP contribution >= 0.6 is 11.6 Å². The summed E-state index contributed by atoms with van der Waals surface area (Å²) in [4.78, 5) is 15.0. The maximum atomic E-state index is 13.0. The molecular weight excluding hydrogens is 362 g/mol. The zero-order valence-electron chi connectivity index (χ0n) is 15.3. The molecule has 0 aliphatic heterocycles. The molecule has 3 aliphatic carbocycles. The molecule has 0 unspecified atom stereocenters. The van der Waals surface area contributed by atoms with Gasteiger partial charge in [-0.05, 0) is 62.0 Å². The molecule has 0 spiro atoms. The normalized spacial score (nSPS) is 26.5. The second-order valence-electron chi connectivity index (χ2n) is 8.37. The second kappa shape index (κ2) is 6.93. The summed E-state index contributed by atoms with van der Waals surface area (Å²) >= 11 is 6.22. The predicted molar refractivity (Wildman–Crippen MR) is 102 cm³/mol. The van der Waals surface area contributed by atoms with Crippen LogP contribution in [0.4, 0.5) is 0 Å². The monoisotopic (exact) mass is 385 g/mol. The molecule has 0 N–H and O–H groups in total. The molecule has 27 heavy (non-hydrogen) atoms. The van der Waals surface area contributed by atoms with Gasteiger partial charge in [-0.15, -0.1) is 10.2 Å². The molecule has 3 saturated carbocycles. The van der Waals surface area contributed by atoms with Crippen molar-refractivity contribution < 1.29 is 9.21 Å². The number of carbonyl (C=O) groups is 1. The summed E-state index contributed by atoms with van der Waals surface area (Å²) in [6.45, 7) is 0.405. The van der Waals surface area contributed by atoms with Gasteiger partial charge in [0.25, 0.3) is 0 Å². The molecule has 1 aromatic heterocycles. The molecule has 1 aromatic carbocycles. The summed E-state index contributed by atoms with van der Waals surface area (Å²) in [6, 6.07) is 7.76. The minimum Gasteiger partial charge on any atom is -0.419 e. The Morgan fingerprint density at radius 3 is 2.70 bits per heavy atom. The number of hydrogen-bond donors (Lipinski definition) is 0. The summed E-state index contributed by atoms with van der Waals surface area (Å²) in [5, 5.41) is 8.88. The van der Waals surface area contributed by atoms with E-state index >= 15 is 0 Å². The van der Waals surface area contributed by atoms with E-state index in [1.54, 1.807) is 6.07 Å². The Labute approximate surface area is 164 Å². The molecule has 1 amide bonds. The van der Waals surface area contributed by atoms with E-state index in [4.69, 9.17) is 16.0 Å². The van der Waals surface area contributed by atoms with Gasteiger partial charge in [0.1, 0.15) is 0 Å². The standard InChI is InChI=1S/C21H24ClN3O2/c22-18-4-2-1-3-17(18)21-24-23-19(27-21)12-25(16-7-8-16)20(26)11-15-10-13-5-6-14(15)9-13/h1-4,13-16H,5-12H2/t13-,14+,15-/m0/s1. The van der Waals surface area contributed by atoms with Crippen molar-refractivity contribution in [2.45, 2.75) is 57.5 Å². The van der Waals surface area contributed by atoms with Gasteiger partial charge in [0.05, 0.1) is 17.1 Å². The number of halogens is 1. The van der Waals surface area contributed by atoms with E-state index in [1.807, 2.05) is 23.1 Å². The third kappa shape index (κ3) is 3.49. The van der Waals surface area contributed by atoms with Crippen molar-refractivity contribution in [3.8, 4) is 11.5 Å². The Balaban J connectivity index is 1.28. The number of hydrogen-bond acceptors (Lipinski definition) is 4. The van der Waals surface area contributed by atoms with E-state index in [2.05, 4.69) is 10.2 Å². The van der Waals surface area contributed by atoms with Gasteiger partial charge in [-0.3, -0.25) is 4.79 Å².